The SMILES string of the molecule is Cc1cc(F)ccc1C(=O)C(C)(C)c1ccc(F)cc1. The maximum atomic E-state index is 13.1. The van der Waals surface area contributed by atoms with Gasteiger partial charge in [-0.15, -0.1) is 0 Å². The van der Waals surface area contributed by atoms with Gasteiger partial charge in [0.2, 0.25) is 0 Å². The third kappa shape index (κ3) is 2.62. The van der Waals surface area contributed by atoms with Gasteiger partial charge in [0.25, 0.3) is 0 Å². The first-order valence-corrected chi connectivity index (χ1v) is 6.39. The Labute approximate surface area is 117 Å². The highest BCUT2D eigenvalue weighted by molar-refractivity contribution is 6.04. The molecule has 3 heteroatoms. The van der Waals surface area contributed by atoms with Crippen molar-refractivity contribution in [2.24, 2.45) is 0 Å². The molecular formula is C17H16F2O. The minimum absolute atomic E-state index is 0.110. The maximum Gasteiger partial charge on any atom is 0.173 e. The Balaban J connectivity index is 2.42. The molecule has 2 rings (SSSR count). The quantitative estimate of drug-likeness (QED) is 0.756. The summed E-state index contributed by atoms with van der Waals surface area (Å²) < 4.78 is 26.1. The van der Waals surface area contributed by atoms with Crippen LogP contribution in [0.2, 0.25) is 0 Å². The van der Waals surface area contributed by atoms with Gasteiger partial charge in [0, 0.05) is 5.56 Å². The molecule has 1 nitrogen and oxygen atoms in total. The van der Waals surface area contributed by atoms with Crippen LogP contribution in [0.25, 0.3) is 0 Å². The molecular weight excluding hydrogens is 258 g/mol. The molecule has 0 aliphatic rings. The van der Waals surface area contributed by atoms with Crippen molar-refractivity contribution in [1.29, 1.82) is 0 Å². The third-order valence-corrected chi connectivity index (χ3v) is 3.57. The molecule has 0 aliphatic carbocycles. The van der Waals surface area contributed by atoms with Gasteiger partial charge >= 0.3 is 0 Å². The highest BCUT2D eigenvalue weighted by Gasteiger charge is 2.31. The Hall–Kier alpha value is -2.03. The van der Waals surface area contributed by atoms with E-state index in [0.717, 1.165) is 5.56 Å². The summed E-state index contributed by atoms with van der Waals surface area (Å²) in [6.07, 6.45) is 0. The Morgan fingerprint density at radius 2 is 1.50 bits per heavy atom. The second kappa shape index (κ2) is 5.16. The van der Waals surface area contributed by atoms with Crippen molar-refractivity contribution in [2.45, 2.75) is 26.2 Å². The van der Waals surface area contributed by atoms with E-state index in [4.69, 9.17) is 0 Å². The predicted molar refractivity (Wildman–Crippen MR) is 74.9 cm³/mol. The van der Waals surface area contributed by atoms with Gasteiger partial charge in [0.15, 0.2) is 5.78 Å². The molecule has 104 valence electrons. The zero-order valence-corrected chi connectivity index (χ0v) is 11.7. The number of rotatable bonds is 3. The Morgan fingerprint density at radius 1 is 0.950 bits per heavy atom. The highest BCUT2D eigenvalue weighted by Crippen LogP contribution is 2.29. The van der Waals surface area contributed by atoms with E-state index in [1.54, 1.807) is 32.9 Å². The van der Waals surface area contributed by atoms with Crippen LogP contribution >= 0.6 is 0 Å². The average molecular weight is 274 g/mol. The molecule has 2 aromatic carbocycles. The van der Waals surface area contributed by atoms with Crippen molar-refractivity contribution < 1.29 is 13.6 Å². The standard InChI is InChI=1S/C17H16F2O/c1-11-10-14(19)8-9-15(11)16(20)17(2,3)12-4-6-13(18)7-5-12/h4-10H,1-3H3. The van der Waals surface area contributed by atoms with Crippen LogP contribution in [0, 0.1) is 18.6 Å². The molecule has 0 spiro atoms. The minimum atomic E-state index is -0.795. The van der Waals surface area contributed by atoms with Crippen molar-refractivity contribution in [3.63, 3.8) is 0 Å². The summed E-state index contributed by atoms with van der Waals surface area (Å²) in [5, 5.41) is 0. The lowest BCUT2D eigenvalue weighted by Gasteiger charge is -2.24. The Kier molecular flexibility index (Phi) is 3.71. The average Bonchev–Trinajstić information content (AvgIpc) is 2.38. The highest BCUT2D eigenvalue weighted by atomic mass is 19.1. The first-order valence-electron chi connectivity index (χ1n) is 6.39. The van der Waals surface area contributed by atoms with Gasteiger partial charge < -0.3 is 0 Å². The van der Waals surface area contributed by atoms with Gasteiger partial charge in [0.05, 0.1) is 5.41 Å². The predicted octanol–water partition coefficient (Wildman–Crippen LogP) is 4.43. The van der Waals surface area contributed by atoms with E-state index in [9.17, 15) is 13.6 Å². The number of aryl methyl sites for hydroxylation is 1. The lowest BCUT2D eigenvalue weighted by atomic mass is 9.77. The topological polar surface area (TPSA) is 17.1 Å². The number of carbonyl (C=O) groups is 1. The maximum absolute atomic E-state index is 13.1. The molecule has 0 heterocycles. The van der Waals surface area contributed by atoms with Crippen LogP contribution < -0.4 is 0 Å². The van der Waals surface area contributed by atoms with Crippen molar-refractivity contribution in [1.82, 2.24) is 0 Å². The van der Waals surface area contributed by atoms with E-state index >= 15 is 0 Å². The van der Waals surface area contributed by atoms with Gasteiger partial charge in [-0.25, -0.2) is 8.78 Å². The summed E-state index contributed by atoms with van der Waals surface area (Å²) in [5.74, 6) is -0.810. The fraction of sp³-hybridized carbons (Fsp3) is 0.235. The van der Waals surface area contributed by atoms with Crippen molar-refractivity contribution in [3.8, 4) is 0 Å². The molecule has 0 amide bonds. The monoisotopic (exact) mass is 274 g/mol. The van der Waals surface area contributed by atoms with Gasteiger partial charge in [-0.05, 0) is 62.2 Å². The number of carbonyl (C=O) groups excluding carboxylic acids is 1. The van der Waals surface area contributed by atoms with Crippen LogP contribution in [-0.4, -0.2) is 5.78 Å². The summed E-state index contributed by atoms with van der Waals surface area (Å²) in [7, 11) is 0. The molecule has 0 unspecified atom stereocenters. The summed E-state index contributed by atoms with van der Waals surface area (Å²) in [6.45, 7) is 5.27. The van der Waals surface area contributed by atoms with Crippen LogP contribution in [0.5, 0.6) is 0 Å². The van der Waals surface area contributed by atoms with Crippen molar-refractivity contribution in [2.75, 3.05) is 0 Å². The molecule has 0 aromatic heterocycles. The fourth-order valence-electron chi connectivity index (χ4n) is 2.22. The van der Waals surface area contributed by atoms with E-state index in [2.05, 4.69) is 0 Å². The summed E-state index contributed by atoms with van der Waals surface area (Å²) >= 11 is 0. The van der Waals surface area contributed by atoms with E-state index < -0.39 is 5.41 Å². The third-order valence-electron chi connectivity index (χ3n) is 3.57. The van der Waals surface area contributed by atoms with E-state index in [-0.39, 0.29) is 17.4 Å². The molecule has 0 aliphatic heterocycles. The first-order chi connectivity index (χ1) is 9.32. The minimum Gasteiger partial charge on any atom is -0.293 e. The lowest BCUT2D eigenvalue weighted by molar-refractivity contribution is 0.0908. The van der Waals surface area contributed by atoms with Gasteiger partial charge in [-0.3, -0.25) is 4.79 Å². The number of Topliss-reactive ketones (excluding diaryl/α,β-unsaturated/α-hetero) is 1. The van der Waals surface area contributed by atoms with E-state index in [0.29, 0.717) is 11.1 Å². The Bertz CT molecular complexity index is 643. The summed E-state index contributed by atoms with van der Waals surface area (Å²) in [4.78, 5) is 12.7. The zero-order valence-electron chi connectivity index (χ0n) is 11.7. The molecule has 20 heavy (non-hydrogen) atoms. The van der Waals surface area contributed by atoms with E-state index in [1.807, 2.05) is 0 Å². The van der Waals surface area contributed by atoms with Crippen LogP contribution in [0.1, 0.15) is 35.3 Å². The smallest absolute Gasteiger partial charge is 0.173 e. The van der Waals surface area contributed by atoms with Crippen LogP contribution in [-0.2, 0) is 5.41 Å². The summed E-state index contributed by atoms with van der Waals surface area (Å²) in [5.41, 5.74) is 1.02. The fourth-order valence-corrected chi connectivity index (χ4v) is 2.22. The number of ketones is 1. The first kappa shape index (κ1) is 14.4. The molecule has 0 bridgehead atoms. The van der Waals surface area contributed by atoms with Crippen molar-refractivity contribution in [3.05, 3.63) is 70.8 Å². The molecule has 2 aromatic rings. The molecule has 0 saturated carbocycles. The summed E-state index contributed by atoms with van der Waals surface area (Å²) in [6, 6.07) is 10.00. The second-order valence-electron chi connectivity index (χ2n) is 5.42. The largest absolute Gasteiger partial charge is 0.293 e. The number of hydrogen-bond acceptors (Lipinski definition) is 1. The molecule has 0 N–H and O–H groups in total. The number of benzene rings is 2. The second-order valence-corrected chi connectivity index (χ2v) is 5.42. The zero-order chi connectivity index (χ0) is 14.9. The van der Waals surface area contributed by atoms with Gasteiger partial charge in [0.1, 0.15) is 11.6 Å². The van der Waals surface area contributed by atoms with Crippen LogP contribution in [0.3, 0.4) is 0 Å². The molecule has 0 fully saturated rings. The molecule has 0 saturated heterocycles. The van der Waals surface area contributed by atoms with Gasteiger partial charge in [-0.2, -0.15) is 0 Å². The number of halogens is 2. The van der Waals surface area contributed by atoms with Crippen LogP contribution in [0.4, 0.5) is 8.78 Å². The number of hydrogen-bond donors (Lipinski definition) is 0. The Morgan fingerprint density at radius 3 is 2.05 bits per heavy atom. The molecule has 0 radical (unpaired) electrons. The van der Waals surface area contributed by atoms with E-state index in [1.165, 1.54) is 30.3 Å². The normalized spacial score (nSPS) is 11.4. The van der Waals surface area contributed by atoms with Gasteiger partial charge in [-0.1, -0.05) is 12.1 Å². The lowest BCUT2D eigenvalue weighted by Crippen LogP contribution is -2.29. The van der Waals surface area contributed by atoms with Crippen LogP contribution in [0.15, 0.2) is 42.5 Å². The van der Waals surface area contributed by atoms with Crippen molar-refractivity contribution >= 4 is 5.78 Å². The molecule has 0 atom stereocenters.